The molecule has 0 bridgehead atoms. The van der Waals surface area contributed by atoms with Crippen molar-refractivity contribution < 1.29 is 40.6 Å². The Balaban J connectivity index is 3.55. The van der Waals surface area contributed by atoms with Gasteiger partial charge in [-0.15, -0.1) is 13.2 Å². The van der Waals surface area contributed by atoms with Crippen LogP contribution in [-0.2, 0) is 27.5 Å². The van der Waals surface area contributed by atoms with Crippen LogP contribution in [0, 0.1) is 0 Å². The topological polar surface area (TPSA) is 48.4 Å². The molecule has 0 amide bonds. The van der Waals surface area contributed by atoms with Crippen LogP contribution in [0.1, 0.15) is 16.8 Å². The Kier molecular flexibility index (Phi) is 5.65. The first kappa shape index (κ1) is 18.5. The van der Waals surface area contributed by atoms with E-state index < -0.39 is 47.5 Å². The number of pyridine rings is 1. The van der Waals surface area contributed by atoms with Crippen LogP contribution in [0.5, 0.6) is 5.75 Å². The van der Waals surface area contributed by atoms with Crippen molar-refractivity contribution in [3.63, 3.8) is 0 Å². The minimum absolute atomic E-state index is 0.301. The lowest BCUT2D eigenvalue weighted by atomic mass is 10.0. The van der Waals surface area contributed by atoms with Crippen LogP contribution in [0.25, 0.3) is 0 Å². The predicted octanol–water partition coefficient (Wildman–Crippen LogP) is 3.61. The number of hydrogen-bond acceptors (Lipinski definition) is 4. The van der Waals surface area contributed by atoms with Gasteiger partial charge in [-0.2, -0.15) is 13.2 Å². The minimum atomic E-state index is -5.24. The molecule has 0 aliphatic carbocycles. The molecule has 0 radical (unpaired) electrons. The Morgan fingerprint density at radius 3 is 2.27 bits per heavy atom. The lowest BCUT2D eigenvalue weighted by Crippen LogP contribution is -2.23. The first-order valence-corrected chi connectivity index (χ1v) is 6.58. The standard InChI is InChI=1S/C11H8BrF6NO3/c1-21-8(20)2-5-6(10(13,14)15)4-19-7(3-12)9(5)22-11(16,17)18/h4H,2-3H2,1H3. The van der Waals surface area contributed by atoms with Gasteiger partial charge in [-0.25, -0.2) is 0 Å². The number of nitrogens with zero attached hydrogens (tertiary/aromatic N) is 1. The van der Waals surface area contributed by atoms with E-state index in [0.717, 1.165) is 7.11 Å². The Morgan fingerprint density at radius 1 is 1.27 bits per heavy atom. The molecule has 0 N–H and O–H groups in total. The zero-order chi connectivity index (χ0) is 17.1. The quantitative estimate of drug-likeness (QED) is 0.444. The number of esters is 1. The largest absolute Gasteiger partial charge is 0.573 e. The minimum Gasteiger partial charge on any atom is -0.469 e. The average Bonchev–Trinajstić information content (AvgIpc) is 2.37. The fraction of sp³-hybridized carbons (Fsp3) is 0.455. The molecule has 0 spiro atoms. The van der Waals surface area contributed by atoms with Gasteiger partial charge in [0.25, 0.3) is 0 Å². The first-order chi connectivity index (χ1) is 9.99. The summed E-state index contributed by atoms with van der Waals surface area (Å²) in [6.07, 6.45) is -10.9. The van der Waals surface area contributed by atoms with Crippen molar-refractivity contribution in [3.8, 4) is 5.75 Å². The molecule has 0 aromatic carbocycles. The maximum atomic E-state index is 12.9. The number of halogens is 7. The van der Waals surface area contributed by atoms with E-state index in [2.05, 4.69) is 30.4 Å². The zero-order valence-electron chi connectivity index (χ0n) is 10.8. The van der Waals surface area contributed by atoms with Gasteiger partial charge in [0, 0.05) is 17.1 Å². The molecule has 0 saturated heterocycles. The Bertz CT molecular complexity index is 558. The van der Waals surface area contributed by atoms with Gasteiger partial charge in [0.15, 0.2) is 5.75 Å². The number of hydrogen-bond donors (Lipinski definition) is 0. The Hall–Kier alpha value is -1.52. The molecule has 1 aromatic rings. The first-order valence-electron chi connectivity index (χ1n) is 5.46. The molecule has 1 aromatic heterocycles. The molecule has 1 heterocycles. The maximum Gasteiger partial charge on any atom is 0.573 e. The Morgan fingerprint density at radius 2 is 1.86 bits per heavy atom. The second-order valence-electron chi connectivity index (χ2n) is 3.86. The molecule has 0 aliphatic heterocycles. The van der Waals surface area contributed by atoms with E-state index in [9.17, 15) is 31.1 Å². The molecule has 0 saturated carbocycles. The molecule has 0 fully saturated rings. The summed E-state index contributed by atoms with van der Waals surface area (Å²) in [6.45, 7) is 0. The lowest BCUT2D eigenvalue weighted by Gasteiger charge is -2.19. The number of carbonyl (C=O) groups excluding carboxylic acids is 1. The summed E-state index contributed by atoms with van der Waals surface area (Å²) in [5.74, 6) is -2.31. The highest BCUT2D eigenvalue weighted by Crippen LogP contribution is 2.39. The van der Waals surface area contributed by atoms with E-state index >= 15 is 0 Å². The number of methoxy groups -OCH3 is 1. The molecule has 124 valence electrons. The highest BCUT2D eigenvalue weighted by atomic mass is 79.9. The highest BCUT2D eigenvalue weighted by molar-refractivity contribution is 9.08. The van der Waals surface area contributed by atoms with Crippen molar-refractivity contribution >= 4 is 21.9 Å². The van der Waals surface area contributed by atoms with Crippen LogP contribution in [0.3, 0.4) is 0 Å². The van der Waals surface area contributed by atoms with Crippen LogP contribution >= 0.6 is 15.9 Å². The van der Waals surface area contributed by atoms with E-state index in [1.807, 2.05) is 0 Å². The summed E-state index contributed by atoms with van der Waals surface area (Å²) in [7, 11) is 0.895. The zero-order valence-corrected chi connectivity index (χ0v) is 12.4. The summed E-state index contributed by atoms with van der Waals surface area (Å²) in [6, 6.07) is 0. The summed E-state index contributed by atoms with van der Waals surface area (Å²) in [4.78, 5) is 14.5. The van der Waals surface area contributed by atoms with E-state index in [1.54, 1.807) is 0 Å². The van der Waals surface area contributed by atoms with Crippen LogP contribution < -0.4 is 4.74 Å². The SMILES string of the molecule is COC(=O)Cc1c(C(F)(F)F)cnc(CBr)c1OC(F)(F)F. The van der Waals surface area contributed by atoms with Crippen molar-refractivity contribution in [2.45, 2.75) is 24.3 Å². The average molecular weight is 396 g/mol. The smallest absolute Gasteiger partial charge is 0.469 e. The number of ether oxygens (including phenoxy) is 2. The third-order valence-corrected chi connectivity index (χ3v) is 2.94. The summed E-state index contributed by atoms with van der Waals surface area (Å²) in [5, 5.41) is -0.301. The van der Waals surface area contributed by atoms with Crippen molar-refractivity contribution in [1.82, 2.24) is 4.98 Å². The predicted molar refractivity (Wildman–Crippen MR) is 64.3 cm³/mol. The van der Waals surface area contributed by atoms with Gasteiger partial charge in [0.1, 0.15) is 0 Å². The summed E-state index contributed by atoms with van der Waals surface area (Å²) < 4.78 is 83.8. The molecule has 0 atom stereocenters. The van der Waals surface area contributed by atoms with Crippen LogP contribution in [-0.4, -0.2) is 24.4 Å². The molecule has 22 heavy (non-hydrogen) atoms. The summed E-state index contributed by atoms with van der Waals surface area (Å²) in [5.41, 5.74) is -2.91. The van der Waals surface area contributed by atoms with Crippen molar-refractivity contribution in [3.05, 3.63) is 23.0 Å². The van der Waals surface area contributed by atoms with Gasteiger partial charge >= 0.3 is 18.5 Å². The lowest BCUT2D eigenvalue weighted by molar-refractivity contribution is -0.275. The molecule has 4 nitrogen and oxygen atoms in total. The Labute approximate surface area is 128 Å². The third-order valence-electron chi connectivity index (χ3n) is 2.41. The summed E-state index contributed by atoms with van der Waals surface area (Å²) >= 11 is 2.80. The van der Waals surface area contributed by atoms with Gasteiger partial charge in [0.05, 0.1) is 24.8 Å². The van der Waals surface area contributed by atoms with Crippen LogP contribution in [0.2, 0.25) is 0 Å². The molecule has 0 aliphatic rings. The molecule has 1 rings (SSSR count). The fourth-order valence-electron chi connectivity index (χ4n) is 1.54. The molecule has 11 heteroatoms. The van der Waals surface area contributed by atoms with Crippen molar-refractivity contribution in [1.29, 1.82) is 0 Å². The second kappa shape index (κ2) is 6.71. The van der Waals surface area contributed by atoms with Gasteiger partial charge in [-0.05, 0) is 0 Å². The van der Waals surface area contributed by atoms with E-state index in [-0.39, 0.29) is 5.33 Å². The van der Waals surface area contributed by atoms with E-state index in [1.165, 1.54) is 0 Å². The van der Waals surface area contributed by atoms with Crippen LogP contribution in [0.4, 0.5) is 26.3 Å². The van der Waals surface area contributed by atoms with E-state index in [0.29, 0.717) is 6.20 Å². The van der Waals surface area contributed by atoms with Gasteiger partial charge in [-0.3, -0.25) is 9.78 Å². The number of alkyl halides is 7. The maximum absolute atomic E-state index is 12.9. The number of rotatable bonds is 4. The second-order valence-corrected chi connectivity index (χ2v) is 4.42. The van der Waals surface area contributed by atoms with Crippen molar-refractivity contribution in [2.24, 2.45) is 0 Å². The van der Waals surface area contributed by atoms with Gasteiger partial charge in [-0.1, -0.05) is 15.9 Å². The fourth-order valence-corrected chi connectivity index (χ4v) is 1.94. The van der Waals surface area contributed by atoms with Gasteiger partial charge < -0.3 is 9.47 Å². The normalized spacial score (nSPS) is 12.2. The highest BCUT2D eigenvalue weighted by Gasteiger charge is 2.40. The molecule has 0 unspecified atom stereocenters. The number of carbonyl (C=O) groups is 1. The van der Waals surface area contributed by atoms with E-state index in [4.69, 9.17) is 0 Å². The number of aromatic nitrogens is 1. The van der Waals surface area contributed by atoms with Crippen molar-refractivity contribution in [2.75, 3.05) is 7.11 Å². The third kappa shape index (κ3) is 4.75. The molecular formula is C11H8BrF6NO3. The van der Waals surface area contributed by atoms with Gasteiger partial charge in [0.2, 0.25) is 0 Å². The monoisotopic (exact) mass is 395 g/mol. The molecular weight excluding hydrogens is 388 g/mol. The van der Waals surface area contributed by atoms with Crippen LogP contribution in [0.15, 0.2) is 6.20 Å².